The van der Waals surface area contributed by atoms with Crippen LogP contribution in [-0.4, -0.2) is 12.2 Å². The molecule has 0 saturated carbocycles. The van der Waals surface area contributed by atoms with Crippen LogP contribution in [0.3, 0.4) is 0 Å². The molecule has 1 aliphatic rings. The molecule has 9 heteroatoms. The van der Waals surface area contributed by atoms with Crippen LogP contribution >= 0.6 is 0 Å². The molecule has 0 aliphatic carbocycles. The summed E-state index contributed by atoms with van der Waals surface area (Å²) in [6.45, 7) is 2.01. The van der Waals surface area contributed by atoms with E-state index in [9.17, 15) is 30.7 Å². The molecule has 2 rings (SSSR count). The van der Waals surface area contributed by atoms with E-state index in [4.69, 9.17) is 4.74 Å². The molecule has 0 spiro atoms. The van der Waals surface area contributed by atoms with Crippen molar-refractivity contribution in [2.45, 2.75) is 63.8 Å². The lowest BCUT2D eigenvalue weighted by molar-refractivity contribution is -0.185. The van der Waals surface area contributed by atoms with Gasteiger partial charge in [-0.15, -0.1) is 0 Å². The van der Waals surface area contributed by atoms with Gasteiger partial charge in [0.25, 0.3) is 0 Å². The Hall–Kier alpha value is -1.93. The Labute approximate surface area is 152 Å². The lowest BCUT2D eigenvalue weighted by Gasteiger charge is -2.25. The van der Waals surface area contributed by atoms with Crippen LogP contribution in [0.25, 0.3) is 0 Å². The zero-order chi connectivity index (χ0) is 20.2. The van der Waals surface area contributed by atoms with Crippen LogP contribution in [0.1, 0.15) is 51.0 Å². The summed E-state index contributed by atoms with van der Waals surface area (Å²) in [4.78, 5) is 0. The highest BCUT2D eigenvalue weighted by Gasteiger charge is 2.39. The topological polar surface area (TPSA) is 18.5 Å². The SMILES string of the molecule is CCCC1=COC(CCC(F)(F)Oc2cc(F)c(C(F)(F)F)c(F)c2)CC1. The highest BCUT2D eigenvalue weighted by atomic mass is 19.4. The van der Waals surface area contributed by atoms with Gasteiger partial charge in [-0.3, -0.25) is 0 Å². The number of ether oxygens (including phenoxy) is 2. The molecule has 0 radical (unpaired) electrons. The maximum Gasteiger partial charge on any atom is 0.422 e. The smallest absolute Gasteiger partial charge is 0.422 e. The van der Waals surface area contributed by atoms with Gasteiger partial charge in [0.1, 0.15) is 22.9 Å². The average molecular weight is 400 g/mol. The first-order valence-corrected chi connectivity index (χ1v) is 8.48. The van der Waals surface area contributed by atoms with Gasteiger partial charge in [0.15, 0.2) is 0 Å². The van der Waals surface area contributed by atoms with Gasteiger partial charge >= 0.3 is 12.3 Å². The van der Waals surface area contributed by atoms with E-state index in [2.05, 4.69) is 4.74 Å². The van der Waals surface area contributed by atoms with Gasteiger partial charge in [0.2, 0.25) is 0 Å². The number of alkyl halides is 5. The number of hydrogen-bond acceptors (Lipinski definition) is 2. The summed E-state index contributed by atoms with van der Waals surface area (Å²) in [7, 11) is 0. The van der Waals surface area contributed by atoms with Crippen LogP contribution in [0.15, 0.2) is 24.0 Å². The zero-order valence-electron chi connectivity index (χ0n) is 14.5. The normalized spacial score (nSPS) is 18.1. The lowest BCUT2D eigenvalue weighted by atomic mass is 9.99. The van der Waals surface area contributed by atoms with Crippen molar-refractivity contribution in [1.29, 1.82) is 0 Å². The molecule has 0 amide bonds. The van der Waals surface area contributed by atoms with Crippen molar-refractivity contribution < 1.29 is 40.2 Å². The molecule has 0 aromatic heterocycles. The summed E-state index contributed by atoms with van der Waals surface area (Å²) < 4.78 is 102. The third kappa shape index (κ3) is 6.04. The summed E-state index contributed by atoms with van der Waals surface area (Å²) in [6.07, 6.45) is -5.73. The van der Waals surface area contributed by atoms with E-state index >= 15 is 0 Å². The van der Waals surface area contributed by atoms with E-state index in [-0.39, 0.29) is 18.6 Å². The summed E-state index contributed by atoms with van der Waals surface area (Å²) >= 11 is 0. The van der Waals surface area contributed by atoms with Crippen LogP contribution in [0.5, 0.6) is 5.75 Å². The Bertz CT molecular complexity index is 660. The zero-order valence-corrected chi connectivity index (χ0v) is 14.5. The minimum absolute atomic E-state index is 0.0749. The molecule has 1 atom stereocenters. The highest BCUT2D eigenvalue weighted by molar-refractivity contribution is 5.32. The van der Waals surface area contributed by atoms with Gasteiger partial charge in [-0.25, -0.2) is 8.78 Å². The second-order valence-electron chi connectivity index (χ2n) is 6.36. The van der Waals surface area contributed by atoms with Crippen molar-refractivity contribution in [3.05, 3.63) is 41.2 Å². The summed E-state index contributed by atoms with van der Waals surface area (Å²) in [6, 6.07) is 0.188. The van der Waals surface area contributed by atoms with Gasteiger partial charge in [0.05, 0.1) is 18.8 Å². The highest BCUT2D eigenvalue weighted by Crippen LogP contribution is 2.37. The van der Waals surface area contributed by atoms with Crippen LogP contribution in [0.2, 0.25) is 0 Å². The first kappa shape index (κ1) is 21.4. The Balaban J connectivity index is 1.96. The largest absolute Gasteiger partial charge is 0.498 e. The summed E-state index contributed by atoms with van der Waals surface area (Å²) in [5, 5.41) is 0. The molecule has 0 N–H and O–H groups in total. The third-order valence-corrected chi connectivity index (χ3v) is 4.11. The monoisotopic (exact) mass is 400 g/mol. The molecule has 1 aromatic carbocycles. The number of hydrogen-bond donors (Lipinski definition) is 0. The van der Waals surface area contributed by atoms with Crippen molar-refractivity contribution in [2.75, 3.05) is 0 Å². The summed E-state index contributed by atoms with van der Waals surface area (Å²) in [5.74, 6) is -5.05. The molecule has 0 bridgehead atoms. The summed E-state index contributed by atoms with van der Waals surface area (Å²) in [5.41, 5.74) is -1.05. The Kier molecular flexibility index (Phi) is 6.64. The third-order valence-electron chi connectivity index (χ3n) is 4.11. The quantitative estimate of drug-likeness (QED) is 0.480. The fraction of sp³-hybridized carbons (Fsp3) is 0.556. The standard InChI is InChI=1S/C18H19F7O2/c1-2-3-11-4-5-12(26-10-11)6-7-17(21,22)27-13-8-14(19)16(15(20)9-13)18(23,24)25/h8-10,12H,2-7H2,1H3. The predicted octanol–water partition coefficient (Wildman–Crippen LogP) is 6.60. The van der Waals surface area contributed by atoms with E-state index in [0.29, 0.717) is 6.42 Å². The number of allylic oxidation sites excluding steroid dienone is 1. The van der Waals surface area contributed by atoms with Crippen molar-refractivity contribution in [3.8, 4) is 5.75 Å². The molecule has 1 aromatic rings. The molecule has 0 saturated heterocycles. The Morgan fingerprint density at radius 1 is 1.11 bits per heavy atom. The molecule has 1 heterocycles. The molecule has 0 fully saturated rings. The maximum atomic E-state index is 13.9. The van der Waals surface area contributed by atoms with Gasteiger partial charge in [0, 0.05) is 12.1 Å². The molecule has 27 heavy (non-hydrogen) atoms. The first-order valence-electron chi connectivity index (χ1n) is 8.48. The van der Waals surface area contributed by atoms with E-state index in [1.807, 2.05) is 6.92 Å². The lowest BCUT2D eigenvalue weighted by Crippen LogP contribution is -2.28. The van der Waals surface area contributed by atoms with E-state index < -0.39 is 47.8 Å². The minimum atomic E-state index is -5.28. The van der Waals surface area contributed by atoms with Crippen LogP contribution in [0.4, 0.5) is 30.7 Å². The molecular weight excluding hydrogens is 381 g/mol. The van der Waals surface area contributed by atoms with E-state index in [1.165, 1.54) is 0 Å². The molecule has 1 unspecified atom stereocenters. The number of halogens is 7. The van der Waals surface area contributed by atoms with Crippen molar-refractivity contribution in [1.82, 2.24) is 0 Å². The fourth-order valence-electron chi connectivity index (χ4n) is 2.82. The molecular formula is C18H19F7O2. The fourth-order valence-corrected chi connectivity index (χ4v) is 2.82. The van der Waals surface area contributed by atoms with E-state index in [0.717, 1.165) is 24.8 Å². The molecule has 2 nitrogen and oxygen atoms in total. The van der Waals surface area contributed by atoms with Crippen molar-refractivity contribution in [2.24, 2.45) is 0 Å². The average Bonchev–Trinajstić information content (AvgIpc) is 2.52. The maximum absolute atomic E-state index is 13.9. The van der Waals surface area contributed by atoms with Gasteiger partial charge in [-0.2, -0.15) is 22.0 Å². The first-order chi connectivity index (χ1) is 12.5. The Morgan fingerprint density at radius 3 is 2.22 bits per heavy atom. The van der Waals surface area contributed by atoms with Gasteiger partial charge < -0.3 is 9.47 Å². The molecule has 1 aliphatic heterocycles. The Morgan fingerprint density at radius 2 is 1.74 bits per heavy atom. The van der Waals surface area contributed by atoms with E-state index in [1.54, 1.807) is 6.26 Å². The number of benzene rings is 1. The van der Waals surface area contributed by atoms with Gasteiger partial charge in [-0.05, 0) is 31.3 Å². The second kappa shape index (κ2) is 8.39. The predicted molar refractivity (Wildman–Crippen MR) is 83.3 cm³/mol. The second-order valence-corrected chi connectivity index (χ2v) is 6.36. The van der Waals surface area contributed by atoms with Crippen LogP contribution in [0, 0.1) is 11.6 Å². The minimum Gasteiger partial charge on any atom is -0.498 e. The van der Waals surface area contributed by atoms with Crippen molar-refractivity contribution in [3.63, 3.8) is 0 Å². The van der Waals surface area contributed by atoms with Gasteiger partial charge in [-0.1, -0.05) is 13.3 Å². The van der Waals surface area contributed by atoms with Crippen molar-refractivity contribution >= 4 is 0 Å². The van der Waals surface area contributed by atoms with Crippen LogP contribution in [-0.2, 0) is 10.9 Å². The number of rotatable bonds is 7. The van der Waals surface area contributed by atoms with Crippen LogP contribution < -0.4 is 4.74 Å². The molecule has 152 valence electrons.